The fourth-order valence-electron chi connectivity index (χ4n) is 3.06. The average Bonchev–Trinajstić information content (AvgIpc) is 2.45. The average molecular weight is 293 g/mol. The lowest BCUT2D eigenvalue weighted by Gasteiger charge is -2.19. The van der Waals surface area contributed by atoms with E-state index in [1.165, 1.54) is 0 Å². The summed E-state index contributed by atoms with van der Waals surface area (Å²) < 4.78 is 0. The van der Waals surface area contributed by atoms with E-state index in [1.54, 1.807) is 18.2 Å². The van der Waals surface area contributed by atoms with Crippen molar-refractivity contribution in [3.63, 3.8) is 0 Å². The molecule has 3 heteroatoms. The maximum atomic E-state index is 11.8. The minimum Gasteiger partial charge on any atom is -0.481 e. The zero-order valence-corrected chi connectivity index (χ0v) is 13.1. The minimum atomic E-state index is -0.836. The number of nitrogens with zero attached hydrogens (tertiary/aromatic N) is 1. The minimum absolute atomic E-state index is 0.385. The molecule has 2 rings (SSSR count). The largest absolute Gasteiger partial charge is 0.481 e. The molecule has 0 aliphatic heterocycles. The first-order chi connectivity index (χ1) is 10.4. The molecule has 0 fully saturated rings. The summed E-state index contributed by atoms with van der Waals surface area (Å²) in [6.45, 7) is 5.92. The molecular formula is C19H19NO2. The van der Waals surface area contributed by atoms with Crippen molar-refractivity contribution in [2.75, 3.05) is 0 Å². The van der Waals surface area contributed by atoms with E-state index in [1.807, 2.05) is 39.0 Å². The van der Waals surface area contributed by atoms with Crippen LogP contribution in [0.4, 0.5) is 0 Å². The lowest BCUT2D eigenvalue weighted by atomic mass is 9.85. The molecule has 0 saturated carbocycles. The summed E-state index contributed by atoms with van der Waals surface area (Å²) in [5.74, 6) is -1.44. The Morgan fingerprint density at radius 3 is 2.36 bits per heavy atom. The highest BCUT2D eigenvalue weighted by Crippen LogP contribution is 2.28. The van der Waals surface area contributed by atoms with Crippen molar-refractivity contribution in [2.45, 2.75) is 33.1 Å². The molecule has 0 aliphatic rings. The normalized spacial score (nSPS) is 11.7. The van der Waals surface area contributed by atoms with Gasteiger partial charge in [-0.3, -0.25) is 4.79 Å². The van der Waals surface area contributed by atoms with Crippen molar-refractivity contribution in [3.8, 4) is 6.07 Å². The number of nitriles is 1. The molecule has 22 heavy (non-hydrogen) atoms. The van der Waals surface area contributed by atoms with Crippen LogP contribution < -0.4 is 0 Å². The van der Waals surface area contributed by atoms with Gasteiger partial charge < -0.3 is 5.11 Å². The molecule has 0 aliphatic carbocycles. The van der Waals surface area contributed by atoms with Crippen molar-refractivity contribution >= 4 is 5.97 Å². The fraction of sp³-hybridized carbons (Fsp3) is 0.263. The van der Waals surface area contributed by atoms with Gasteiger partial charge in [0, 0.05) is 0 Å². The van der Waals surface area contributed by atoms with Crippen LogP contribution in [-0.4, -0.2) is 11.1 Å². The number of aryl methyl sites for hydroxylation is 3. The summed E-state index contributed by atoms with van der Waals surface area (Å²) >= 11 is 0. The van der Waals surface area contributed by atoms with Gasteiger partial charge in [-0.15, -0.1) is 0 Å². The fourth-order valence-corrected chi connectivity index (χ4v) is 3.06. The van der Waals surface area contributed by atoms with E-state index in [0.29, 0.717) is 12.0 Å². The first kappa shape index (κ1) is 15.8. The Kier molecular flexibility index (Phi) is 4.62. The summed E-state index contributed by atoms with van der Waals surface area (Å²) in [4.78, 5) is 11.8. The Labute approximate surface area is 130 Å². The first-order valence-corrected chi connectivity index (χ1v) is 7.22. The van der Waals surface area contributed by atoms with Gasteiger partial charge in [-0.1, -0.05) is 29.8 Å². The van der Waals surface area contributed by atoms with Crippen LogP contribution in [0.3, 0.4) is 0 Å². The van der Waals surface area contributed by atoms with Gasteiger partial charge in [0.1, 0.15) is 0 Å². The summed E-state index contributed by atoms with van der Waals surface area (Å²) in [5.41, 5.74) is 5.43. The quantitative estimate of drug-likeness (QED) is 0.930. The van der Waals surface area contributed by atoms with Crippen LogP contribution in [0.5, 0.6) is 0 Å². The van der Waals surface area contributed by atoms with Crippen molar-refractivity contribution in [2.24, 2.45) is 0 Å². The van der Waals surface area contributed by atoms with E-state index in [9.17, 15) is 9.90 Å². The maximum Gasteiger partial charge on any atom is 0.311 e. The molecule has 1 atom stereocenters. The Balaban J connectivity index is 2.44. The van der Waals surface area contributed by atoms with Gasteiger partial charge in [-0.2, -0.15) is 5.26 Å². The van der Waals surface area contributed by atoms with Gasteiger partial charge >= 0.3 is 5.97 Å². The molecule has 2 aromatic carbocycles. The number of aliphatic carboxylic acids is 1. The van der Waals surface area contributed by atoms with Gasteiger partial charge in [0.2, 0.25) is 0 Å². The van der Waals surface area contributed by atoms with Crippen LogP contribution in [0.25, 0.3) is 0 Å². The standard InChI is InChI=1S/C19H19NO2/c1-12-7-13(2)18(14(3)8-12)17(19(21)22)10-15-5-4-6-16(9-15)11-20/h4-9,17H,10H2,1-3H3,(H,21,22). The lowest BCUT2D eigenvalue weighted by Crippen LogP contribution is -2.17. The van der Waals surface area contributed by atoms with E-state index >= 15 is 0 Å². The predicted molar refractivity (Wildman–Crippen MR) is 85.9 cm³/mol. The van der Waals surface area contributed by atoms with Gasteiger partial charge in [0.15, 0.2) is 0 Å². The van der Waals surface area contributed by atoms with Crippen molar-refractivity contribution < 1.29 is 9.90 Å². The second kappa shape index (κ2) is 6.44. The number of carboxylic acids is 1. The van der Waals surface area contributed by atoms with E-state index in [2.05, 4.69) is 6.07 Å². The molecule has 1 N–H and O–H groups in total. The smallest absolute Gasteiger partial charge is 0.311 e. The molecular weight excluding hydrogens is 274 g/mol. The van der Waals surface area contributed by atoms with Gasteiger partial charge in [0.05, 0.1) is 17.6 Å². The number of carboxylic acid groups (broad SMARTS) is 1. The van der Waals surface area contributed by atoms with Crippen LogP contribution in [0.2, 0.25) is 0 Å². The van der Waals surface area contributed by atoms with Crippen LogP contribution in [-0.2, 0) is 11.2 Å². The molecule has 0 amide bonds. The van der Waals surface area contributed by atoms with Gasteiger partial charge in [-0.05, 0) is 61.6 Å². The molecule has 1 unspecified atom stereocenters. The molecule has 2 aromatic rings. The molecule has 0 spiro atoms. The van der Waals surface area contributed by atoms with Crippen LogP contribution >= 0.6 is 0 Å². The Hall–Kier alpha value is -2.60. The lowest BCUT2D eigenvalue weighted by molar-refractivity contribution is -0.138. The topological polar surface area (TPSA) is 61.1 Å². The molecule has 0 saturated heterocycles. The Morgan fingerprint density at radius 2 is 1.82 bits per heavy atom. The number of hydrogen-bond acceptors (Lipinski definition) is 2. The SMILES string of the molecule is Cc1cc(C)c(C(Cc2cccc(C#N)c2)C(=O)O)c(C)c1. The summed E-state index contributed by atoms with van der Waals surface area (Å²) in [7, 11) is 0. The van der Waals surface area contributed by atoms with E-state index in [0.717, 1.165) is 27.8 Å². The van der Waals surface area contributed by atoms with Gasteiger partial charge in [0.25, 0.3) is 0 Å². The first-order valence-electron chi connectivity index (χ1n) is 7.22. The Morgan fingerprint density at radius 1 is 1.18 bits per heavy atom. The van der Waals surface area contributed by atoms with Crippen LogP contribution in [0, 0.1) is 32.1 Å². The predicted octanol–water partition coefficient (Wildman–Crippen LogP) is 3.89. The summed E-state index contributed by atoms with van der Waals surface area (Å²) in [6, 6.07) is 13.3. The van der Waals surface area contributed by atoms with Gasteiger partial charge in [-0.25, -0.2) is 0 Å². The number of rotatable bonds is 4. The Bertz CT molecular complexity index is 733. The number of hydrogen-bond donors (Lipinski definition) is 1. The summed E-state index contributed by atoms with van der Waals surface area (Å²) in [6.07, 6.45) is 0.385. The second-order valence-electron chi connectivity index (χ2n) is 5.72. The van der Waals surface area contributed by atoms with Crippen LogP contribution in [0.1, 0.15) is 39.3 Å². The monoisotopic (exact) mass is 293 g/mol. The highest BCUT2D eigenvalue weighted by atomic mass is 16.4. The zero-order valence-electron chi connectivity index (χ0n) is 13.1. The van der Waals surface area contributed by atoms with E-state index in [-0.39, 0.29) is 0 Å². The van der Waals surface area contributed by atoms with Crippen LogP contribution in [0.15, 0.2) is 36.4 Å². The maximum absolute atomic E-state index is 11.8. The number of carbonyl (C=O) groups is 1. The van der Waals surface area contributed by atoms with Crippen molar-refractivity contribution in [3.05, 3.63) is 69.8 Å². The third-order valence-corrected chi connectivity index (χ3v) is 3.88. The zero-order chi connectivity index (χ0) is 16.3. The highest BCUT2D eigenvalue weighted by Gasteiger charge is 2.24. The summed E-state index contributed by atoms with van der Waals surface area (Å²) in [5, 5.41) is 18.6. The third kappa shape index (κ3) is 3.35. The molecule has 0 aromatic heterocycles. The molecule has 3 nitrogen and oxygen atoms in total. The molecule has 0 heterocycles. The molecule has 0 bridgehead atoms. The van der Waals surface area contributed by atoms with E-state index in [4.69, 9.17) is 5.26 Å². The third-order valence-electron chi connectivity index (χ3n) is 3.88. The number of benzene rings is 2. The van der Waals surface area contributed by atoms with Crippen molar-refractivity contribution in [1.82, 2.24) is 0 Å². The highest BCUT2D eigenvalue weighted by molar-refractivity contribution is 5.78. The van der Waals surface area contributed by atoms with E-state index < -0.39 is 11.9 Å². The second-order valence-corrected chi connectivity index (χ2v) is 5.72. The molecule has 112 valence electrons. The molecule has 0 radical (unpaired) electrons. The van der Waals surface area contributed by atoms with Crippen molar-refractivity contribution in [1.29, 1.82) is 5.26 Å².